The number of nitrogens with zero attached hydrogens (tertiary/aromatic N) is 1. The van der Waals surface area contributed by atoms with Gasteiger partial charge in [-0.1, -0.05) is 12.1 Å². The number of ether oxygens (including phenoxy) is 1. The maximum Gasteiger partial charge on any atom is 0.322 e. The summed E-state index contributed by atoms with van der Waals surface area (Å²) in [5.41, 5.74) is 1.04. The fourth-order valence-electron chi connectivity index (χ4n) is 2.14. The second-order valence-corrected chi connectivity index (χ2v) is 6.91. The first-order chi connectivity index (χ1) is 11.9. The van der Waals surface area contributed by atoms with Crippen molar-refractivity contribution in [2.45, 2.75) is 17.4 Å². The largest absolute Gasteiger partial charge is 0.497 e. The van der Waals surface area contributed by atoms with Gasteiger partial charge in [-0.3, -0.25) is 4.79 Å². The molecule has 0 bridgehead atoms. The summed E-state index contributed by atoms with van der Waals surface area (Å²) in [6, 6.07) is 12.5. The molecule has 130 valence electrons. The molecule has 2 aromatic rings. The Hall–Kier alpha value is -2.89. The van der Waals surface area contributed by atoms with Gasteiger partial charge in [-0.2, -0.15) is 9.98 Å². The van der Waals surface area contributed by atoms with E-state index in [2.05, 4.69) is 4.72 Å². The van der Waals surface area contributed by atoms with Crippen molar-refractivity contribution < 1.29 is 23.1 Å². The summed E-state index contributed by atoms with van der Waals surface area (Å²) in [4.78, 5) is 11.4. The van der Waals surface area contributed by atoms with Gasteiger partial charge in [0.05, 0.1) is 23.6 Å². The van der Waals surface area contributed by atoms with Crippen LogP contribution >= 0.6 is 0 Å². The SMILES string of the molecule is COc1ccc(S(=O)(=O)N[C@@H](Cc2ccc(C#N)cc2)C(=O)O)cc1. The van der Waals surface area contributed by atoms with Crippen LogP contribution in [0.25, 0.3) is 0 Å². The summed E-state index contributed by atoms with van der Waals surface area (Å²) >= 11 is 0. The van der Waals surface area contributed by atoms with Crippen LogP contribution < -0.4 is 9.46 Å². The van der Waals surface area contributed by atoms with Crippen molar-refractivity contribution >= 4 is 16.0 Å². The van der Waals surface area contributed by atoms with Crippen LogP contribution in [0.1, 0.15) is 11.1 Å². The average molecular weight is 360 g/mol. The van der Waals surface area contributed by atoms with E-state index in [9.17, 15) is 18.3 Å². The van der Waals surface area contributed by atoms with Gasteiger partial charge >= 0.3 is 5.97 Å². The van der Waals surface area contributed by atoms with Crippen LogP contribution in [0.3, 0.4) is 0 Å². The zero-order valence-corrected chi connectivity index (χ0v) is 14.2. The maximum atomic E-state index is 12.4. The van der Waals surface area contributed by atoms with Crippen molar-refractivity contribution in [1.82, 2.24) is 4.72 Å². The molecule has 0 saturated heterocycles. The molecular weight excluding hydrogens is 344 g/mol. The van der Waals surface area contributed by atoms with E-state index < -0.39 is 22.0 Å². The Balaban J connectivity index is 2.19. The number of carboxylic acids is 1. The van der Waals surface area contributed by atoms with Crippen LogP contribution in [0.4, 0.5) is 0 Å². The summed E-state index contributed by atoms with van der Waals surface area (Å²) in [7, 11) is -2.54. The zero-order valence-electron chi connectivity index (χ0n) is 13.3. The molecule has 0 saturated carbocycles. The first-order valence-corrected chi connectivity index (χ1v) is 8.72. The van der Waals surface area contributed by atoms with E-state index in [0.717, 1.165) is 0 Å². The summed E-state index contributed by atoms with van der Waals surface area (Å²) in [6.07, 6.45) is -0.0452. The molecule has 0 aromatic heterocycles. The third-order valence-corrected chi connectivity index (χ3v) is 4.98. The Bertz CT molecular complexity index is 884. The highest BCUT2D eigenvalue weighted by Crippen LogP contribution is 2.16. The van der Waals surface area contributed by atoms with E-state index in [1.165, 1.54) is 31.4 Å². The molecule has 0 radical (unpaired) electrons. The second kappa shape index (κ2) is 7.79. The number of aliphatic carboxylic acids is 1. The van der Waals surface area contributed by atoms with Gasteiger partial charge in [-0.05, 0) is 48.4 Å². The molecule has 0 aliphatic rings. The average Bonchev–Trinajstić information content (AvgIpc) is 2.61. The zero-order chi connectivity index (χ0) is 18.4. The Morgan fingerprint density at radius 3 is 2.28 bits per heavy atom. The van der Waals surface area contributed by atoms with Crippen molar-refractivity contribution in [2.24, 2.45) is 0 Å². The molecule has 0 amide bonds. The summed E-state index contributed by atoms with van der Waals surface area (Å²) in [5, 5.41) is 18.1. The molecule has 0 spiro atoms. The highest BCUT2D eigenvalue weighted by molar-refractivity contribution is 7.89. The van der Waals surface area contributed by atoms with Crippen molar-refractivity contribution in [3.63, 3.8) is 0 Å². The molecule has 25 heavy (non-hydrogen) atoms. The van der Waals surface area contributed by atoms with Crippen LogP contribution in [-0.2, 0) is 21.2 Å². The first-order valence-electron chi connectivity index (χ1n) is 7.24. The molecule has 1 atom stereocenters. The van der Waals surface area contributed by atoms with E-state index in [1.807, 2.05) is 6.07 Å². The van der Waals surface area contributed by atoms with Gasteiger partial charge in [-0.15, -0.1) is 0 Å². The molecule has 0 aliphatic heterocycles. The van der Waals surface area contributed by atoms with Gasteiger partial charge in [0.15, 0.2) is 0 Å². The Morgan fingerprint density at radius 1 is 1.20 bits per heavy atom. The number of hydrogen-bond acceptors (Lipinski definition) is 5. The third kappa shape index (κ3) is 4.79. The van der Waals surface area contributed by atoms with E-state index in [1.54, 1.807) is 24.3 Å². The van der Waals surface area contributed by atoms with E-state index in [0.29, 0.717) is 16.9 Å². The molecule has 8 heteroatoms. The number of carboxylic acid groups (broad SMARTS) is 1. The van der Waals surface area contributed by atoms with Crippen molar-refractivity contribution in [3.8, 4) is 11.8 Å². The Kier molecular flexibility index (Phi) is 5.75. The van der Waals surface area contributed by atoms with Gasteiger partial charge < -0.3 is 9.84 Å². The molecule has 2 N–H and O–H groups in total. The fraction of sp³-hybridized carbons (Fsp3) is 0.176. The molecule has 0 heterocycles. The van der Waals surface area contributed by atoms with Crippen LogP contribution in [-0.4, -0.2) is 32.6 Å². The number of hydrogen-bond donors (Lipinski definition) is 2. The standard InChI is InChI=1S/C17H16N2O5S/c1-24-14-6-8-15(9-7-14)25(22,23)19-16(17(20)21)10-12-2-4-13(11-18)5-3-12/h2-9,16,19H,10H2,1H3,(H,20,21)/t16-/m0/s1. The van der Waals surface area contributed by atoms with Gasteiger partial charge in [0.1, 0.15) is 11.8 Å². The van der Waals surface area contributed by atoms with Gasteiger partial charge in [0.25, 0.3) is 0 Å². The molecule has 2 rings (SSSR count). The van der Waals surface area contributed by atoms with Crippen LogP contribution in [0, 0.1) is 11.3 Å². The van der Waals surface area contributed by atoms with E-state index in [-0.39, 0.29) is 11.3 Å². The maximum absolute atomic E-state index is 12.4. The lowest BCUT2D eigenvalue weighted by Crippen LogP contribution is -2.42. The number of nitriles is 1. The minimum Gasteiger partial charge on any atom is -0.497 e. The van der Waals surface area contributed by atoms with E-state index in [4.69, 9.17) is 10.00 Å². The van der Waals surface area contributed by atoms with Crippen LogP contribution in [0.2, 0.25) is 0 Å². The molecular formula is C17H16N2O5S. The Labute approximate surface area is 145 Å². The predicted octanol–water partition coefficient (Wildman–Crippen LogP) is 1.54. The van der Waals surface area contributed by atoms with Crippen LogP contribution in [0.15, 0.2) is 53.4 Å². The summed E-state index contributed by atoms with van der Waals surface area (Å²) in [5.74, 6) is -0.798. The monoisotopic (exact) mass is 360 g/mol. The number of carbonyl (C=O) groups is 1. The number of rotatable bonds is 7. The van der Waals surface area contributed by atoms with Gasteiger partial charge in [0.2, 0.25) is 10.0 Å². The quantitative estimate of drug-likeness (QED) is 0.774. The highest BCUT2D eigenvalue weighted by Gasteiger charge is 2.25. The lowest BCUT2D eigenvalue weighted by molar-refractivity contribution is -0.138. The minimum absolute atomic E-state index is 0.0452. The summed E-state index contributed by atoms with van der Waals surface area (Å²) < 4.78 is 31.9. The van der Waals surface area contributed by atoms with Crippen molar-refractivity contribution in [1.29, 1.82) is 5.26 Å². The highest BCUT2D eigenvalue weighted by atomic mass is 32.2. The number of nitrogens with one attached hydrogen (secondary N) is 1. The topological polar surface area (TPSA) is 116 Å². The molecule has 2 aromatic carbocycles. The third-order valence-electron chi connectivity index (χ3n) is 3.49. The minimum atomic E-state index is -4.00. The lowest BCUT2D eigenvalue weighted by Gasteiger charge is -2.15. The van der Waals surface area contributed by atoms with Crippen LogP contribution in [0.5, 0.6) is 5.75 Å². The molecule has 0 aliphatic carbocycles. The molecule has 0 unspecified atom stereocenters. The number of benzene rings is 2. The van der Waals surface area contributed by atoms with Gasteiger partial charge in [-0.25, -0.2) is 8.42 Å². The fourth-order valence-corrected chi connectivity index (χ4v) is 3.33. The van der Waals surface area contributed by atoms with Gasteiger partial charge in [0, 0.05) is 0 Å². The van der Waals surface area contributed by atoms with Crippen molar-refractivity contribution in [3.05, 3.63) is 59.7 Å². The number of sulfonamides is 1. The first kappa shape index (κ1) is 18.4. The molecule has 0 fully saturated rings. The Morgan fingerprint density at radius 2 is 1.80 bits per heavy atom. The lowest BCUT2D eigenvalue weighted by atomic mass is 10.1. The normalized spacial score (nSPS) is 12.2. The van der Waals surface area contributed by atoms with E-state index >= 15 is 0 Å². The van der Waals surface area contributed by atoms with Crippen molar-refractivity contribution in [2.75, 3.05) is 7.11 Å². The predicted molar refractivity (Wildman–Crippen MR) is 89.6 cm³/mol. The number of methoxy groups -OCH3 is 1. The summed E-state index contributed by atoms with van der Waals surface area (Å²) in [6.45, 7) is 0. The molecule has 7 nitrogen and oxygen atoms in total. The second-order valence-electron chi connectivity index (χ2n) is 5.20. The smallest absolute Gasteiger partial charge is 0.322 e.